The number of nitrogens with zero attached hydrogens (tertiary/aromatic N) is 2. The van der Waals surface area contributed by atoms with E-state index in [-0.39, 0.29) is 23.3 Å². The predicted molar refractivity (Wildman–Crippen MR) is 151 cm³/mol. The van der Waals surface area contributed by atoms with Crippen molar-refractivity contribution in [3.8, 4) is 0 Å². The van der Waals surface area contributed by atoms with Gasteiger partial charge in [-0.1, -0.05) is 74.0 Å². The van der Waals surface area contributed by atoms with Gasteiger partial charge >= 0.3 is 0 Å². The molecule has 38 heavy (non-hydrogen) atoms. The van der Waals surface area contributed by atoms with Gasteiger partial charge in [0, 0.05) is 13.1 Å². The highest BCUT2D eigenvalue weighted by molar-refractivity contribution is 7.92. The maximum atomic E-state index is 13.9. The highest BCUT2D eigenvalue weighted by atomic mass is 32.2. The molecule has 2 amide bonds. The lowest BCUT2D eigenvalue weighted by Gasteiger charge is -2.32. The van der Waals surface area contributed by atoms with E-state index in [9.17, 15) is 18.0 Å². The van der Waals surface area contributed by atoms with Crippen LogP contribution in [-0.2, 0) is 26.2 Å². The van der Waals surface area contributed by atoms with Crippen LogP contribution in [0.25, 0.3) is 0 Å². The molecule has 3 aromatic rings. The van der Waals surface area contributed by atoms with Crippen LogP contribution in [0.2, 0.25) is 0 Å². The molecule has 0 bridgehead atoms. The van der Waals surface area contributed by atoms with Gasteiger partial charge in [-0.2, -0.15) is 0 Å². The van der Waals surface area contributed by atoms with Gasteiger partial charge in [-0.05, 0) is 62.1 Å². The van der Waals surface area contributed by atoms with Crippen LogP contribution >= 0.6 is 0 Å². The molecule has 1 N–H and O–H groups in total. The number of carbonyl (C=O) groups excluding carboxylic acids is 2. The number of hydrogen-bond donors (Lipinski definition) is 1. The average Bonchev–Trinajstić information content (AvgIpc) is 2.90. The van der Waals surface area contributed by atoms with Crippen LogP contribution in [-0.4, -0.2) is 44.3 Å². The fourth-order valence-electron chi connectivity index (χ4n) is 4.19. The van der Waals surface area contributed by atoms with Gasteiger partial charge in [0.25, 0.3) is 10.0 Å². The molecule has 0 saturated heterocycles. The first kappa shape index (κ1) is 28.9. The summed E-state index contributed by atoms with van der Waals surface area (Å²) in [6.07, 6.45) is 0. The second-order valence-corrected chi connectivity index (χ2v) is 11.5. The van der Waals surface area contributed by atoms with E-state index in [1.54, 1.807) is 37.3 Å². The molecule has 0 saturated carbocycles. The zero-order chi connectivity index (χ0) is 27.9. The maximum absolute atomic E-state index is 13.9. The van der Waals surface area contributed by atoms with E-state index in [1.807, 2.05) is 50.2 Å². The van der Waals surface area contributed by atoms with E-state index in [1.165, 1.54) is 17.0 Å². The molecular weight excluding hydrogens is 498 g/mol. The number of carbonyl (C=O) groups is 2. The number of sulfonamides is 1. The summed E-state index contributed by atoms with van der Waals surface area (Å²) in [4.78, 5) is 28.2. The first-order chi connectivity index (χ1) is 18.0. The smallest absolute Gasteiger partial charge is 0.264 e. The molecule has 0 fully saturated rings. The summed E-state index contributed by atoms with van der Waals surface area (Å²) in [7, 11) is -4.07. The van der Waals surface area contributed by atoms with Crippen LogP contribution in [0, 0.1) is 6.92 Å². The second kappa shape index (κ2) is 12.7. The minimum Gasteiger partial charge on any atom is -0.355 e. The van der Waals surface area contributed by atoms with Gasteiger partial charge in [0.1, 0.15) is 12.6 Å². The van der Waals surface area contributed by atoms with Crippen molar-refractivity contribution in [2.24, 2.45) is 0 Å². The zero-order valence-corrected chi connectivity index (χ0v) is 23.5. The monoisotopic (exact) mass is 535 g/mol. The Labute approximate surface area is 226 Å². The highest BCUT2D eigenvalue weighted by Gasteiger charge is 2.32. The third-order valence-electron chi connectivity index (χ3n) is 6.41. The molecule has 0 radical (unpaired) electrons. The number of aryl methyl sites for hydroxylation is 1. The predicted octanol–water partition coefficient (Wildman–Crippen LogP) is 4.87. The lowest BCUT2D eigenvalue weighted by atomic mass is 10.0. The number of hydrogen-bond acceptors (Lipinski definition) is 4. The van der Waals surface area contributed by atoms with Crippen molar-refractivity contribution in [3.05, 3.63) is 95.6 Å². The topological polar surface area (TPSA) is 86.8 Å². The van der Waals surface area contributed by atoms with Crippen molar-refractivity contribution in [1.29, 1.82) is 0 Å². The van der Waals surface area contributed by atoms with Gasteiger partial charge in [-0.3, -0.25) is 13.9 Å². The third kappa shape index (κ3) is 7.01. The van der Waals surface area contributed by atoms with E-state index in [0.29, 0.717) is 12.2 Å². The highest BCUT2D eigenvalue weighted by Crippen LogP contribution is 2.26. The largest absolute Gasteiger partial charge is 0.355 e. The fraction of sp³-hybridized carbons (Fsp3) is 0.333. The van der Waals surface area contributed by atoms with Gasteiger partial charge in [0.2, 0.25) is 11.8 Å². The Morgan fingerprint density at radius 3 is 2.13 bits per heavy atom. The Balaban J connectivity index is 2.03. The third-order valence-corrected chi connectivity index (χ3v) is 8.20. The zero-order valence-electron chi connectivity index (χ0n) is 22.7. The number of amides is 2. The Kier molecular flexibility index (Phi) is 9.69. The second-order valence-electron chi connectivity index (χ2n) is 9.65. The number of likely N-dealkylation sites (N-methyl/N-ethyl adjacent to an activating group) is 1. The number of nitrogens with one attached hydrogen (secondary N) is 1. The van der Waals surface area contributed by atoms with E-state index in [2.05, 4.69) is 19.2 Å². The van der Waals surface area contributed by atoms with Crippen molar-refractivity contribution in [2.45, 2.75) is 58.0 Å². The number of anilines is 1. The standard InChI is InChI=1S/C30H37N3O4S/c1-6-31-30(35)24(5)32(20-25-12-10-11-23(4)19-25)29(34)21-33(27-17-15-26(16-18-27)22(2)3)38(36,37)28-13-8-7-9-14-28/h7-19,22,24H,6,20-21H2,1-5H3,(H,31,35)/t24-/m0/s1. The Morgan fingerprint density at radius 1 is 0.895 bits per heavy atom. The Hall–Kier alpha value is -3.65. The van der Waals surface area contributed by atoms with E-state index >= 15 is 0 Å². The van der Waals surface area contributed by atoms with Crippen molar-refractivity contribution in [3.63, 3.8) is 0 Å². The van der Waals surface area contributed by atoms with Crippen molar-refractivity contribution in [1.82, 2.24) is 10.2 Å². The molecule has 0 heterocycles. The molecular formula is C30H37N3O4S. The summed E-state index contributed by atoms with van der Waals surface area (Å²) in [5.41, 5.74) is 3.32. The normalized spacial score (nSPS) is 12.2. The Morgan fingerprint density at radius 2 is 1.55 bits per heavy atom. The molecule has 0 aromatic heterocycles. The summed E-state index contributed by atoms with van der Waals surface area (Å²) in [5, 5.41) is 2.77. The van der Waals surface area contributed by atoms with E-state index < -0.39 is 28.5 Å². The van der Waals surface area contributed by atoms with Gasteiger partial charge in [0.05, 0.1) is 10.6 Å². The SMILES string of the molecule is CCNC(=O)[C@H](C)N(Cc1cccc(C)c1)C(=O)CN(c1ccc(C(C)C)cc1)S(=O)(=O)c1ccccc1. The molecule has 1 atom stereocenters. The van der Waals surface area contributed by atoms with Gasteiger partial charge in [0.15, 0.2) is 0 Å². The number of rotatable bonds is 11. The number of benzene rings is 3. The maximum Gasteiger partial charge on any atom is 0.264 e. The first-order valence-corrected chi connectivity index (χ1v) is 14.3. The fourth-order valence-corrected chi connectivity index (χ4v) is 5.62. The molecule has 3 aromatic carbocycles. The van der Waals surface area contributed by atoms with Crippen LogP contribution in [0.3, 0.4) is 0 Å². The van der Waals surface area contributed by atoms with Crippen molar-refractivity contribution in [2.75, 3.05) is 17.4 Å². The molecule has 0 aliphatic rings. The summed E-state index contributed by atoms with van der Waals surface area (Å²) in [5.74, 6) is -0.502. The van der Waals surface area contributed by atoms with Gasteiger partial charge < -0.3 is 10.2 Å². The van der Waals surface area contributed by atoms with Crippen molar-refractivity contribution < 1.29 is 18.0 Å². The molecule has 202 valence electrons. The molecule has 0 spiro atoms. The lowest BCUT2D eigenvalue weighted by molar-refractivity contribution is -0.139. The van der Waals surface area contributed by atoms with Crippen LogP contribution in [0.4, 0.5) is 5.69 Å². The molecule has 0 unspecified atom stereocenters. The summed E-state index contributed by atoms with van der Waals surface area (Å²) < 4.78 is 28.7. The van der Waals surface area contributed by atoms with E-state index in [0.717, 1.165) is 21.0 Å². The van der Waals surface area contributed by atoms with Crippen LogP contribution < -0.4 is 9.62 Å². The van der Waals surface area contributed by atoms with Gasteiger partial charge in [-0.15, -0.1) is 0 Å². The molecule has 0 aliphatic heterocycles. The summed E-state index contributed by atoms with van der Waals surface area (Å²) >= 11 is 0. The summed E-state index contributed by atoms with van der Waals surface area (Å²) in [6.45, 7) is 9.69. The minimum absolute atomic E-state index is 0.0859. The quantitative estimate of drug-likeness (QED) is 0.380. The van der Waals surface area contributed by atoms with E-state index in [4.69, 9.17) is 0 Å². The summed E-state index contributed by atoms with van der Waals surface area (Å²) in [6, 6.07) is 22.2. The first-order valence-electron chi connectivity index (χ1n) is 12.8. The molecule has 3 rings (SSSR count). The average molecular weight is 536 g/mol. The van der Waals surface area contributed by atoms with Crippen molar-refractivity contribution >= 4 is 27.5 Å². The van der Waals surface area contributed by atoms with Crippen LogP contribution in [0.5, 0.6) is 0 Å². The minimum atomic E-state index is -4.07. The lowest BCUT2D eigenvalue weighted by Crippen LogP contribution is -2.51. The Bertz CT molecular complexity index is 1340. The van der Waals surface area contributed by atoms with Crippen LogP contribution in [0.15, 0.2) is 83.8 Å². The molecule has 8 heteroatoms. The molecule has 0 aliphatic carbocycles. The van der Waals surface area contributed by atoms with Gasteiger partial charge in [-0.25, -0.2) is 8.42 Å². The molecule has 7 nitrogen and oxygen atoms in total. The van der Waals surface area contributed by atoms with Crippen LogP contribution in [0.1, 0.15) is 50.3 Å².